The molecule has 0 bridgehead atoms. The van der Waals surface area contributed by atoms with Gasteiger partial charge >= 0.3 is 0 Å². The largest absolute Gasteiger partial charge is 0.376 e. The van der Waals surface area contributed by atoms with E-state index in [1.54, 1.807) is 28.8 Å². The fourth-order valence-corrected chi connectivity index (χ4v) is 4.34. The molecule has 1 aromatic heterocycles. The van der Waals surface area contributed by atoms with Crippen molar-refractivity contribution in [1.29, 1.82) is 5.26 Å². The van der Waals surface area contributed by atoms with E-state index in [1.807, 2.05) is 24.3 Å². The lowest BCUT2D eigenvalue weighted by molar-refractivity contribution is -0.113. The minimum atomic E-state index is -0.191. The summed E-state index contributed by atoms with van der Waals surface area (Å²) >= 11 is 1.24. The molecular weight excluding hydrogens is 412 g/mol. The van der Waals surface area contributed by atoms with Gasteiger partial charge in [0.15, 0.2) is 5.16 Å². The van der Waals surface area contributed by atoms with Gasteiger partial charge in [-0.25, -0.2) is 4.98 Å². The van der Waals surface area contributed by atoms with Crippen LogP contribution in [0.3, 0.4) is 0 Å². The fraction of sp³-hybridized carbons (Fsp3) is 0.304. The van der Waals surface area contributed by atoms with Crippen molar-refractivity contribution in [2.45, 2.75) is 37.1 Å². The summed E-state index contributed by atoms with van der Waals surface area (Å²) in [5.74, 6) is -0.0694. The fourth-order valence-electron chi connectivity index (χ4n) is 3.54. The average molecular weight is 435 g/mol. The standard InChI is InChI=1S/C23H22N4O3S/c24-12-11-16-7-9-17(10-8-16)25-21(28)15-31-23-26-20-6-2-1-5-19(20)22(29)27(23)14-18-4-3-13-30-18/h1-2,5-10,18H,3-4,11,13-15H2,(H,25,28). The first-order valence-electron chi connectivity index (χ1n) is 10.1. The number of benzene rings is 2. The summed E-state index contributed by atoms with van der Waals surface area (Å²) in [5.41, 5.74) is 2.06. The molecule has 158 valence electrons. The zero-order valence-corrected chi connectivity index (χ0v) is 17.7. The molecule has 4 rings (SSSR count). The topological polar surface area (TPSA) is 97.0 Å². The minimum Gasteiger partial charge on any atom is -0.376 e. The van der Waals surface area contributed by atoms with Gasteiger partial charge in [-0.05, 0) is 42.7 Å². The summed E-state index contributed by atoms with van der Waals surface area (Å²) in [6.07, 6.45) is 2.21. The van der Waals surface area contributed by atoms with E-state index in [-0.39, 0.29) is 23.3 Å². The number of carbonyl (C=O) groups excluding carboxylic acids is 1. The molecule has 3 aromatic rings. The molecule has 1 fully saturated rings. The van der Waals surface area contributed by atoms with Crippen LogP contribution in [0.25, 0.3) is 10.9 Å². The lowest BCUT2D eigenvalue weighted by Crippen LogP contribution is -2.29. The third kappa shape index (κ3) is 5.13. The number of nitrogens with one attached hydrogen (secondary N) is 1. The Morgan fingerprint density at radius 2 is 2.06 bits per heavy atom. The Kier molecular flexibility index (Phi) is 6.65. The molecule has 1 unspecified atom stereocenters. The molecule has 1 amide bonds. The number of hydrogen-bond donors (Lipinski definition) is 1. The SMILES string of the molecule is N#CCc1ccc(NC(=O)CSc2nc3ccccc3c(=O)n2CC2CCCO2)cc1. The van der Waals surface area contributed by atoms with Crippen molar-refractivity contribution in [3.63, 3.8) is 0 Å². The van der Waals surface area contributed by atoms with Gasteiger partial charge in [0.1, 0.15) is 0 Å². The van der Waals surface area contributed by atoms with Crippen LogP contribution in [0.1, 0.15) is 18.4 Å². The smallest absolute Gasteiger partial charge is 0.262 e. The van der Waals surface area contributed by atoms with Gasteiger partial charge in [0.2, 0.25) is 5.91 Å². The van der Waals surface area contributed by atoms with Gasteiger partial charge in [-0.15, -0.1) is 0 Å². The Morgan fingerprint density at radius 3 is 2.81 bits per heavy atom. The van der Waals surface area contributed by atoms with Crippen LogP contribution in [-0.2, 0) is 22.5 Å². The Balaban J connectivity index is 1.50. The number of nitrogens with zero attached hydrogens (tertiary/aromatic N) is 3. The van der Waals surface area contributed by atoms with Crippen LogP contribution < -0.4 is 10.9 Å². The molecule has 1 N–H and O–H groups in total. The first-order chi connectivity index (χ1) is 15.1. The van der Waals surface area contributed by atoms with E-state index in [2.05, 4.69) is 16.4 Å². The van der Waals surface area contributed by atoms with E-state index in [0.29, 0.717) is 41.3 Å². The van der Waals surface area contributed by atoms with Gasteiger partial charge in [-0.1, -0.05) is 36.0 Å². The van der Waals surface area contributed by atoms with E-state index in [0.717, 1.165) is 18.4 Å². The highest BCUT2D eigenvalue weighted by Gasteiger charge is 2.20. The van der Waals surface area contributed by atoms with Crippen LogP contribution >= 0.6 is 11.8 Å². The van der Waals surface area contributed by atoms with Gasteiger partial charge < -0.3 is 10.1 Å². The summed E-state index contributed by atoms with van der Waals surface area (Å²) in [6, 6.07) is 16.5. The number of hydrogen-bond acceptors (Lipinski definition) is 6. The van der Waals surface area contributed by atoms with E-state index in [4.69, 9.17) is 10.00 Å². The van der Waals surface area contributed by atoms with Crippen LogP contribution in [0.4, 0.5) is 5.69 Å². The monoisotopic (exact) mass is 434 g/mol. The van der Waals surface area contributed by atoms with Gasteiger partial charge in [-0.2, -0.15) is 5.26 Å². The van der Waals surface area contributed by atoms with Gasteiger partial charge in [0.05, 0.1) is 41.8 Å². The molecule has 7 nitrogen and oxygen atoms in total. The van der Waals surface area contributed by atoms with Crippen molar-refractivity contribution >= 4 is 34.3 Å². The third-order valence-corrected chi connectivity index (χ3v) is 6.07. The number of para-hydroxylation sites is 1. The summed E-state index contributed by atoms with van der Waals surface area (Å²) in [6.45, 7) is 1.14. The highest BCUT2D eigenvalue weighted by Crippen LogP contribution is 2.21. The summed E-state index contributed by atoms with van der Waals surface area (Å²) in [7, 11) is 0. The van der Waals surface area contributed by atoms with Crippen LogP contribution in [0.15, 0.2) is 58.5 Å². The Bertz CT molecular complexity index is 1180. The number of amides is 1. The van der Waals surface area contributed by atoms with Gasteiger partial charge in [0, 0.05) is 12.3 Å². The molecule has 1 aliphatic heterocycles. The Labute approximate surface area is 184 Å². The van der Waals surface area contributed by atoms with Crippen molar-refractivity contribution in [1.82, 2.24) is 9.55 Å². The summed E-state index contributed by atoms with van der Waals surface area (Å²) in [4.78, 5) is 30.2. The van der Waals surface area contributed by atoms with Crippen molar-refractivity contribution in [3.05, 3.63) is 64.4 Å². The van der Waals surface area contributed by atoms with Crippen molar-refractivity contribution in [2.24, 2.45) is 0 Å². The molecule has 2 heterocycles. The lowest BCUT2D eigenvalue weighted by Gasteiger charge is -2.16. The van der Waals surface area contributed by atoms with Crippen molar-refractivity contribution in [2.75, 3.05) is 17.7 Å². The van der Waals surface area contributed by atoms with E-state index < -0.39 is 0 Å². The molecule has 0 aliphatic carbocycles. The average Bonchev–Trinajstić information content (AvgIpc) is 3.29. The van der Waals surface area contributed by atoms with Crippen LogP contribution in [-0.4, -0.2) is 33.9 Å². The third-order valence-electron chi connectivity index (χ3n) is 5.09. The normalized spacial score (nSPS) is 15.6. The van der Waals surface area contributed by atoms with E-state index in [1.165, 1.54) is 11.8 Å². The number of nitriles is 1. The van der Waals surface area contributed by atoms with Crippen molar-refractivity contribution in [3.8, 4) is 6.07 Å². The number of anilines is 1. The maximum absolute atomic E-state index is 13.1. The van der Waals surface area contributed by atoms with Crippen LogP contribution in [0, 0.1) is 11.3 Å². The molecule has 0 spiro atoms. The van der Waals surface area contributed by atoms with E-state index in [9.17, 15) is 9.59 Å². The van der Waals surface area contributed by atoms with E-state index >= 15 is 0 Å². The molecule has 31 heavy (non-hydrogen) atoms. The van der Waals surface area contributed by atoms with Gasteiger partial charge in [0.25, 0.3) is 5.56 Å². The number of fused-ring (bicyclic) bond motifs is 1. The Hall–Kier alpha value is -3.15. The Morgan fingerprint density at radius 1 is 1.26 bits per heavy atom. The lowest BCUT2D eigenvalue weighted by atomic mass is 10.1. The highest BCUT2D eigenvalue weighted by atomic mass is 32.2. The molecular formula is C23H22N4O3S. The predicted molar refractivity (Wildman–Crippen MR) is 120 cm³/mol. The predicted octanol–water partition coefficient (Wildman–Crippen LogP) is 3.37. The summed E-state index contributed by atoms with van der Waals surface area (Å²) in [5, 5.41) is 12.7. The molecule has 0 saturated carbocycles. The molecule has 1 saturated heterocycles. The number of carbonyl (C=O) groups is 1. The second kappa shape index (κ2) is 9.77. The second-order valence-electron chi connectivity index (χ2n) is 7.33. The number of rotatable bonds is 7. The first-order valence-corrected chi connectivity index (χ1v) is 11.1. The highest BCUT2D eigenvalue weighted by molar-refractivity contribution is 7.99. The molecule has 8 heteroatoms. The van der Waals surface area contributed by atoms with Crippen molar-refractivity contribution < 1.29 is 9.53 Å². The second-order valence-corrected chi connectivity index (χ2v) is 8.27. The molecule has 1 aliphatic rings. The number of thioether (sulfide) groups is 1. The maximum atomic E-state index is 13.1. The first kappa shape index (κ1) is 21.1. The summed E-state index contributed by atoms with van der Waals surface area (Å²) < 4.78 is 7.35. The molecule has 0 radical (unpaired) electrons. The zero-order valence-electron chi connectivity index (χ0n) is 16.9. The number of ether oxygens (including phenoxy) is 1. The van der Waals surface area contributed by atoms with Crippen LogP contribution in [0.2, 0.25) is 0 Å². The number of aromatic nitrogens is 2. The minimum absolute atomic E-state index is 0.0132. The van der Waals surface area contributed by atoms with Gasteiger partial charge in [-0.3, -0.25) is 14.2 Å². The quantitative estimate of drug-likeness (QED) is 0.452. The van der Waals surface area contributed by atoms with Crippen LogP contribution in [0.5, 0.6) is 0 Å². The zero-order chi connectivity index (χ0) is 21.6. The molecule has 2 aromatic carbocycles. The maximum Gasteiger partial charge on any atom is 0.262 e. The molecule has 1 atom stereocenters.